The molecule has 0 aliphatic heterocycles. The molecule has 0 amide bonds. The van der Waals surface area contributed by atoms with Gasteiger partial charge in [-0.05, 0) is 32.0 Å². The monoisotopic (exact) mass is 242 g/mol. The van der Waals surface area contributed by atoms with Crippen molar-refractivity contribution < 1.29 is 4.74 Å². The van der Waals surface area contributed by atoms with Crippen molar-refractivity contribution >= 4 is 11.3 Å². The topological polar surface area (TPSA) is 38.5 Å². The Labute approximate surface area is 102 Å². The third-order valence-electron chi connectivity index (χ3n) is 2.60. The van der Waals surface area contributed by atoms with Crippen LogP contribution in [0.4, 0.5) is 0 Å². The Kier molecular flexibility index (Phi) is 5.98. The zero-order chi connectivity index (χ0) is 12.0. The van der Waals surface area contributed by atoms with Crippen LogP contribution in [0, 0.1) is 6.92 Å². The number of methoxy groups -OCH3 is 1. The maximum Gasteiger partial charge on any atom is 0.0474 e. The Bertz CT molecular complexity index is 312. The Balaban J connectivity index is 2.42. The van der Waals surface area contributed by atoms with Gasteiger partial charge in [-0.25, -0.2) is 0 Å². The highest BCUT2D eigenvalue weighted by Crippen LogP contribution is 2.22. The van der Waals surface area contributed by atoms with Crippen molar-refractivity contribution in [3.05, 3.63) is 21.4 Å². The minimum Gasteiger partial charge on any atom is -0.385 e. The van der Waals surface area contributed by atoms with Crippen molar-refractivity contribution in [1.82, 2.24) is 4.90 Å². The van der Waals surface area contributed by atoms with Crippen LogP contribution in [-0.2, 0) is 17.8 Å². The first kappa shape index (κ1) is 13.6. The summed E-state index contributed by atoms with van der Waals surface area (Å²) in [7, 11) is 3.89. The van der Waals surface area contributed by atoms with Crippen molar-refractivity contribution in [3.8, 4) is 0 Å². The first-order chi connectivity index (χ1) is 7.67. The predicted molar refractivity (Wildman–Crippen MR) is 69.8 cm³/mol. The van der Waals surface area contributed by atoms with E-state index < -0.39 is 0 Å². The predicted octanol–water partition coefficient (Wildman–Crippen LogP) is 1.98. The van der Waals surface area contributed by atoms with Gasteiger partial charge in [-0.3, -0.25) is 0 Å². The molecule has 4 heteroatoms. The zero-order valence-corrected chi connectivity index (χ0v) is 11.3. The van der Waals surface area contributed by atoms with Crippen LogP contribution in [0.2, 0.25) is 0 Å². The average molecular weight is 242 g/mol. The van der Waals surface area contributed by atoms with Gasteiger partial charge in [0.1, 0.15) is 0 Å². The first-order valence-corrected chi connectivity index (χ1v) is 6.44. The summed E-state index contributed by atoms with van der Waals surface area (Å²) in [6, 6.07) is 2.23. The first-order valence-electron chi connectivity index (χ1n) is 5.63. The largest absolute Gasteiger partial charge is 0.385 e. The van der Waals surface area contributed by atoms with E-state index in [2.05, 4.69) is 24.9 Å². The molecule has 0 saturated carbocycles. The Morgan fingerprint density at radius 2 is 2.25 bits per heavy atom. The molecule has 3 nitrogen and oxygen atoms in total. The fourth-order valence-corrected chi connectivity index (χ4v) is 2.63. The maximum atomic E-state index is 5.64. The average Bonchev–Trinajstić information content (AvgIpc) is 2.60. The van der Waals surface area contributed by atoms with Gasteiger partial charge in [0.2, 0.25) is 0 Å². The van der Waals surface area contributed by atoms with Gasteiger partial charge in [-0.1, -0.05) is 0 Å². The minimum atomic E-state index is 0.652. The molecule has 0 unspecified atom stereocenters. The third-order valence-corrected chi connectivity index (χ3v) is 3.72. The second-order valence-corrected chi connectivity index (χ2v) is 5.42. The molecule has 0 atom stereocenters. The van der Waals surface area contributed by atoms with Crippen LogP contribution in [0.1, 0.15) is 21.7 Å². The molecule has 1 aromatic rings. The fourth-order valence-electron chi connectivity index (χ4n) is 1.69. The second-order valence-electron chi connectivity index (χ2n) is 4.08. The summed E-state index contributed by atoms with van der Waals surface area (Å²) in [6.07, 6.45) is 1.08. The Morgan fingerprint density at radius 3 is 2.81 bits per heavy atom. The number of hydrogen-bond donors (Lipinski definition) is 1. The molecule has 0 aliphatic rings. The van der Waals surface area contributed by atoms with Gasteiger partial charge in [0.05, 0.1) is 0 Å². The van der Waals surface area contributed by atoms with Crippen LogP contribution in [-0.4, -0.2) is 32.2 Å². The van der Waals surface area contributed by atoms with Crippen LogP contribution in [0.3, 0.4) is 0 Å². The number of aryl methyl sites for hydroxylation is 1. The smallest absolute Gasteiger partial charge is 0.0474 e. The number of rotatable bonds is 7. The van der Waals surface area contributed by atoms with Gasteiger partial charge >= 0.3 is 0 Å². The number of ether oxygens (including phenoxy) is 1. The molecule has 92 valence electrons. The summed E-state index contributed by atoms with van der Waals surface area (Å²) in [5.74, 6) is 0. The van der Waals surface area contributed by atoms with E-state index in [1.807, 2.05) is 11.3 Å². The molecular formula is C12H22N2OS. The quantitative estimate of drug-likeness (QED) is 0.743. The molecular weight excluding hydrogens is 220 g/mol. The lowest BCUT2D eigenvalue weighted by Gasteiger charge is -2.15. The van der Waals surface area contributed by atoms with E-state index in [1.54, 1.807) is 7.11 Å². The van der Waals surface area contributed by atoms with Gasteiger partial charge in [-0.15, -0.1) is 11.3 Å². The normalized spacial score (nSPS) is 11.3. The number of hydrogen-bond acceptors (Lipinski definition) is 4. The van der Waals surface area contributed by atoms with E-state index in [-0.39, 0.29) is 0 Å². The molecule has 16 heavy (non-hydrogen) atoms. The molecule has 1 rings (SSSR count). The van der Waals surface area contributed by atoms with E-state index >= 15 is 0 Å². The van der Waals surface area contributed by atoms with E-state index in [0.717, 1.165) is 26.1 Å². The SMILES string of the molecule is COCCCN(C)Cc1cc(CN)sc1C. The highest BCUT2D eigenvalue weighted by molar-refractivity contribution is 7.12. The lowest BCUT2D eigenvalue weighted by atomic mass is 10.2. The van der Waals surface area contributed by atoms with E-state index in [9.17, 15) is 0 Å². The molecule has 0 radical (unpaired) electrons. The molecule has 1 heterocycles. The Morgan fingerprint density at radius 1 is 1.50 bits per heavy atom. The maximum absolute atomic E-state index is 5.64. The molecule has 0 spiro atoms. The summed E-state index contributed by atoms with van der Waals surface area (Å²) in [4.78, 5) is 4.99. The molecule has 0 aromatic carbocycles. The minimum absolute atomic E-state index is 0.652. The highest BCUT2D eigenvalue weighted by Gasteiger charge is 2.07. The van der Waals surface area contributed by atoms with Gasteiger partial charge in [0.15, 0.2) is 0 Å². The van der Waals surface area contributed by atoms with Crippen LogP contribution in [0.15, 0.2) is 6.07 Å². The highest BCUT2D eigenvalue weighted by atomic mass is 32.1. The zero-order valence-electron chi connectivity index (χ0n) is 10.5. The molecule has 0 saturated heterocycles. The fraction of sp³-hybridized carbons (Fsp3) is 0.667. The van der Waals surface area contributed by atoms with Crippen molar-refractivity contribution in [2.45, 2.75) is 26.4 Å². The van der Waals surface area contributed by atoms with Crippen molar-refractivity contribution in [1.29, 1.82) is 0 Å². The van der Waals surface area contributed by atoms with Crippen molar-refractivity contribution in [2.24, 2.45) is 5.73 Å². The molecule has 0 aliphatic carbocycles. The summed E-state index contributed by atoms with van der Waals surface area (Å²) >= 11 is 1.81. The van der Waals surface area contributed by atoms with Gasteiger partial charge in [-0.2, -0.15) is 0 Å². The summed E-state index contributed by atoms with van der Waals surface area (Å²) in [5, 5.41) is 0. The van der Waals surface area contributed by atoms with E-state index in [0.29, 0.717) is 6.54 Å². The summed E-state index contributed by atoms with van der Waals surface area (Å²) in [6.45, 7) is 5.73. The summed E-state index contributed by atoms with van der Waals surface area (Å²) < 4.78 is 5.05. The van der Waals surface area contributed by atoms with Gasteiger partial charge < -0.3 is 15.4 Å². The lowest BCUT2D eigenvalue weighted by molar-refractivity contribution is 0.178. The van der Waals surface area contributed by atoms with Crippen molar-refractivity contribution in [2.75, 3.05) is 27.3 Å². The molecule has 1 aromatic heterocycles. The second kappa shape index (κ2) is 7.01. The lowest BCUT2D eigenvalue weighted by Crippen LogP contribution is -2.20. The molecule has 0 fully saturated rings. The standard InChI is InChI=1S/C12H22N2OS/c1-10-11(7-12(8-13)16-10)9-14(2)5-4-6-15-3/h7H,4-6,8-9,13H2,1-3H3. The van der Waals surface area contributed by atoms with Crippen LogP contribution < -0.4 is 5.73 Å². The van der Waals surface area contributed by atoms with Crippen LogP contribution in [0.5, 0.6) is 0 Å². The Hall–Kier alpha value is -0.420. The van der Waals surface area contributed by atoms with Crippen LogP contribution >= 0.6 is 11.3 Å². The van der Waals surface area contributed by atoms with Gasteiger partial charge in [0, 0.05) is 43.1 Å². The molecule has 2 N–H and O–H groups in total. The van der Waals surface area contributed by atoms with Gasteiger partial charge in [0.25, 0.3) is 0 Å². The third kappa shape index (κ3) is 4.22. The van der Waals surface area contributed by atoms with Crippen LogP contribution in [0.25, 0.3) is 0 Å². The number of nitrogens with two attached hydrogens (primary N) is 1. The summed E-state index contributed by atoms with van der Waals surface area (Å²) in [5.41, 5.74) is 7.05. The molecule has 0 bridgehead atoms. The number of thiophene rings is 1. The van der Waals surface area contributed by atoms with E-state index in [4.69, 9.17) is 10.5 Å². The number of nitrogens with zero attached hydrogens (tertiary/aromatic N) is 1. The van der Waals surface area contributed by atoms with Crippen molar-refractivity contribution in [3.63, 3.8) is 0 Å². The van der Waals surface area contributed by atoms with E-state index in [1.165, 1.54) is 15.3 Å².